The van der Waals surface area contributed by atoms with Crippen LogP contribution in [0.15, 0.2) is 0 Å². The molecular weight excluding hydrogens is 178 g/mol. The molecule has 0 aliphatic heterocycles. The topological polar surface area (TPSA) is 58.4 Å². The van der Waals surface area contributed by atoms with Crippen molar-refractivity contribution in [3.63, 3.8) is 0 Å². The van der Waals surface area contributed by atoms with Crippen molar-refractivity contribution in [3.8, 4) is 0 Å². The molecule has 0 rings (SSSR count). The Kier molecular flexibility index (Phi) is 4.91. The van der Waals surface area contributed by atoms with Gasteiger partial charge < -0.3 is 16.0 Å². The van der Waals surface area contributed by atoms with Crippen LogP contribution in [-0.2, 0) is 0 Å². The minimum absolute atomic E-state index is 0.0442. The van der Waals surface area contributed by atoms with E-state index in [1.807, 2.05) is 34.6 Å². The highest BCUT2D eigenvalue weighted by Gasteiger charge is 2.26. The number of carbonyl (C=O) groups is 1. The van der Waals surface area contributed by atoms with Crippen LogP contribution in [0.5, 0.6) is 0 Å². The lowest BCUT2D eigenvalue weighted by molar-refractivity contribution is 0.188. The van der Waals surface area contributed by atoms with Crippen molar-refractivity contribution in [2.45, 2.75) is 46.2 Å². The van der Waals surface area contributed by atoms with E-state index in [-0.39, 0.29) is 17.6 Å². The Labute approximate surface area is 86.8 Å². The van der Waals surface area contributed by atoms with Gasteiger partial charge in [-0.1, -0.05) is 0 Å². The normalized spacial score (nSPS) is 13.6. The molecular formula is C10H23N3O. The summed E-state index contributed by atoms with van der Waals surface area (Å²) >= 11 is 0. The first-order valence-electron chi connectivity index (χ1n) is 5.17. The van der Waals surface area contributed by atoms with Gasteiger partial charge in [-0.25, -0.2) is 4.79 Å². The van der Waals surface area contributed by atoms with Crippen LogP contribution < -0.4 is 11.1 Å². The average Bonchev–Trinajstić information content (AvgIpc) is 2.05. The molecule has 4 heteroatoms. The summed E-state index contributed by atoms with van der Waals surface area (Å²) in [6.07, 6.45) is 0. The molecule has 0 aromatic rings. The van der Waals surface area contributed by atoms with Crippen molar-refractivity contribution in [2.75, 3.05) is 13.1 Å². The summed E-state index contributed by atoms with van der Waals surface area (Å²) in [6.45, 7) is 11.1. The lowest BCUT2D eigenvalue weighted by atomic mass is 9.97. The highest BCUT2D eigenvalue weighted by molar-refractivity contribution is 5.75. The summed E-state index contributed by atoms with van der Waals surface area (Å²) in [5.74, 6) is 0. The highest BCUT2D eigenvalue weighted by Crippen LogP contribution is 2.07. The Morgan fingerprint density at radius 2 is 1.86 bits per heavy atom. The maximum Gasteiger partial charge on any atom is 0.317 e. The van der Waals surface area contributed by atoms with E-state index >= 15 is 0 Å². The van der Waals surface area contributed by atoms with Crippen molar-refractivity contribution >= 4 is 6.03 Å². The molecule has 4 nitrogen and oxygen atoms in total. The van der Waals surface area contributed by atoms with Gasteiger partial charge in [0.25, 0.3) is 0 Å². The lowest BCUT2D eigenvalue weighted by Crippen LogP contribution is -2.57. The van der Waals surface area contributed by atoms with Crippen molar-refractivity contribution in [2.24, 2.45) is 5.73 Å². The molecule has 1 unspecified atom stereocenters. The SMILES string of the molecule is CCN(CC)C(=O)NC(C)(C)C(C)N. The molecule has 14 heavy (non-hydrogen) atoms. The summed E-state index contributed by atoms with van der Waals surface area (Å²) in [4.78, 5) is 13.4. The van der Waals surface area contributed by atoms with Gasteiger partial charge in [0.2, 0.25) is 0 Å². The van der Waals surface area contributed by atoms with Gasteiger partial charge in [-0.2, -0.15) is 0 Å². The zero-order valence-corrected chi connectivity index (χ0v) is 9.92. The van der Waals surface area contributed by atoms with Crippen LogP contribution >= 0.6 is 0 Å². The fourth-order valence-electron chi connectivity index (χ4n) is 0.979. The number of rotatable bonds is 4. The smallest absolute Gasteiger partial charge is 0.317 e. The van der Waals surface area contributed by atoms with Crippen molar-refractivity contribution in [1.29, 1.82) is 0 Å². The van der Waals surface area contributed by atoms with Gasteiger partial charge in [-0.3, -0.25) is 0 Å². The number of urea groups is 1. The first-order chi connectivity index (χ1) is 6.35. The maximum absolute atomic E-state index is 11.7. The van der Waals surface area contributed by atoms with Crippen LogP contribution in [0.3, 0.4) is 0 Å². The van der Waals surface area contributed by atoms with E-state index in [4.69, 9.17) is 5.73 Å². The minimum Gasteiger partial charge on any atom is -0.332 e. The maximum atomic E-state index is 11.7. The molecule has 0 aromatic heterocycles. The number of nitrogens with two attached hydrogens (primary N) is 1. The number of nitrogens with zero attached hydrogens (tertiary/aromatic N) is 1. The molecule has 0 aliphatic rings. The summed E-state index contributed by atoms with van der Waals surface area (Å²) in [6, 6.07) is -0.112. The molecule has 0 heterocycles. The molecule has 3 N–H and O–H groups in total. The Hall–Kier alpha value is -0.770. The fraction of sp³-hybridized carbons (Fsp3) is 0.900. The summed E-state index contributed by atoms with van der Waals surface area (Å²) in [5.41, 5.74) is 5.41. The first-order valence-corrected chi connectivity index (χ1v) is 5.17. The standard InChI is InChI=1S/C10H23N3O/c1-6-13(7-2)9(14)12-10(4,5)8(3)11/h8H,6-7,11H2,1-5H3,(H,12,14). The second-order valence-corrected chi connectivity index (χ2v) is 4.11. The van der Waals surface area contributed by atoms with E-state index in [9.17, 15) is 4.79 Å². The Bertz CT molecular complexity index is 186. The number of hydrogen-bond donors (Lipinski definition) is 2. The van der Waals surface area contributed by atoms with Gasteiger partial charge in [0.05, 0.1) is 5.54 Å². The van der Waals surface area contributed by atoms with E-state index in [0.717, 1.165) is 13.1 Å². The van der Waals surface area contributed by atoms with Crippen LogP contribution in [0.25, 0.3) is 0 Å². The Morgan fingerprint density at radius 3 is 2.14 bits per heavy atom. The molecule has 0 radical (unpaired) electrons. The molecule has 0 fully saturated rings. The van der Waals surface area contributed by atoms with E-state index in [2.05, 4.69) is 5.32 Å². The van der Waals surface area contributed by atoms with Crippen LogP contribution in [0.4, 0.5) is 4.79 Å². The van der Waals surface area contributed by atoms with Crippen molar-refractivity contribution in [3.05, 3.63) is 0 Å². The second-order valence-electron chi connectivity index (χ2n) is 4.11. The third-order valence-corrected chi connectivity index (χ3v) is 2.62. The number of hydrogen-bond acceptors (Lipinski definition) is 2. The summed E-state index contributed by atoms with van der Waals surface area (Å²) in [7, 11) is 0. The highest BCUT2D eigenvalue weighted by atomic mass is 16.2. The Morgan fingerprint density at radius 1 is 1.43 bits per heavy atom. The zero-order chi connectivity index (χ0) is 11.4. The first kappa shape index (κ1) is 13.2. The number of nitrogens with one attached hydrogen (secondary N) is 1. The molecule has 0 aromatic carbocycles. The summed E-state index contributed by atoms with van der Waals surface area (Å²) in [5, 5.41) is 2.92. The van der Waals surface area contributed by atoms with E-state index in [1.54, 1.807) is 4.90 Å². The molecule has 0 saturated carbocycles. The van der Waals surface area contributed by atoms with Gasteiger partial charge in [0, 0.05) is 19.1 Å². The molecule has 0 bridgehead atoms. The van der Waals surface area contributed by atoms with Crippen molar-refractivity contribution in [1.82, 2.24) is 10.2 Å². The van der Waals surface area contributed by atoms with Crippen LogP contribution in [0, 0.1) is 0 Å². The van der Waals surface area contributed by atoms with Crippen LogP contribution in [0.2, 0.25) is 0 Å². The van der Waals surface area contributed by atoms with Gasteiger partial charge in [-0.15, -0.1) is 0 Å². The molecule has 84 valence electrons. The van der Waals surface area contributed by atoms with E-state index in [1.165, 1.54) is 0 Å². The van der Waals surface area contributed by atoms with Gasteiger partial charge in [-0.05, 0) is 34.6 Å². The fourth-order valence-corrected chi connectivity index (χ4v) is 0.979. The molecule has 0 spiro atoms. The number of carbonyl (C=O) groups excluding carboxylic acids is 1. The number of amides is 2. The molecule has 2 amide bonds. The van der Waals surface area contributed by atoms with Gasteiger partial charge in [0.1, 0.15) is 0 Å². The van der Waals surface area contributed by atoms with Gasteiger partial charge >= 0.3 is 6.03 Å². The van der Waals surface area contributed by atoms with Crippen LogP contribution in [0.1, 0.15) is 34.6 Å². The lowest BCUT2D eigenvalue weighted by Gasteiger charge is -2.33. The van der Waals surface area contributed by atoms with Gasteiger partial charge in [0.15, 0.2) is 0 Å². The van der Waals surface area contributed by atoms with E-state index < -0.39 is 0 Å². The summed E-state index contributed by atoms with van der Waals surface area (Å²) < 4.78 is 0. The largest absolute Gasteiger partial charge is 0.332 e. The molecule has 0 aliphatic carbocycles. The third kappa shape index (κ3) is 3.54. The zero-order valence-electron chi connectivity index (χ0n) is 9.92. The van der Waals surface area contributed by atoms with Crippen LogP contribution in [-0.4, -0.2) is 35.6 Å². The van der Waals surface area contributed by atoms with Crippen molar-refractivity contribution < 1.29 is 4.79 Å². The predicted molar refractivity (Wildman–Crippen MR) is 59.2 cm³/mol. The average molecular weight is 201 g/mol. The Balaban J connectivity index is 4.30. The second kappa shape index (κ2) is 5.20. The molecule has 0 saturated heterocycles. The minimum atomic E-state index is -0.361. The molecule has 1 atom stereocenters. The van der Waals surface area contributed by atoms with E-state index in [0.29, 0.717) is 0 Å². The predicted octanol–water partition coefficient (Wildman–Crippen LogP) is 1.16. The quantitative estimate of drug-likeness (QED) is 0.717. The monoisotopic (exact) mass is 201 g/mol. The third-order valence-electron chi connectivity index (χ3n) is 2.62.